The smallest absolute Gasteiger partial charge is 0.119 e. The van der Waals surface area contributed by atoms with Crippen LogP contribution in [0.1, 0.15) is 5.56 Å². The third-order valence-corrected chi connectivity index (χ3v) is 3.71. The summed E-state index contributed by atoms with van der Waals surface area (Å²) in [5.74, 6) is 0.819. The van der Waals surface area contributed by atoms with E-state index in [1.54, 1.807) is 12.1 Å². The number of morpholine rings is 2. The molecule has 106 valence electrons. The highest BCUT2D eigenvalue weighted by Gasteiger charge is 2.30. The van der Waals surface area contributed by atoms with Crippen molar-refractivity contribution >= 4 is 0 Å². The van der Waals surface area contributed by atoms with Crippen molar-refractivity contribution in [2.75, 3.05) is 39.3 Å². The number of fused-ring (bicyclic) bond motifs is 2. The number of hydrogen-bond acceptors (Lipinski definition) is 5. The van der Waals surface area contributed by atoms with Crippen LogP contribution in [-0.2, 0) is 4.74 Å². The van der Waals surface area contributed by atoms with Gasteiger partial charge in [0.15, 0.2) is 0 Å². The average molecular weight is 273 g/mol. The number of nitrogens with one attached hydrogen (secondary N) is 1. The molecular formula is C15H19N3O2. The molecule has 5 heteroatoms. The highest BCUT2D eigenvalue weighted by Crippen LogP contribution is 2.15. The molecule has 0 radical (unpaired) electrons. The zero-order valence-electron chi connectivity index (χ0n) is 11.4. The Morgan fingerprint density at radius 2 is 1.95 bits per heavy atom. The van der Waals surface area contributed by atoms with Crippen LogP contribution in [0, 0.1) is 11.3 Å². The van der Waals surface area contributed by atoms with Gasteiger partial charge in [-0.25, -0.2) is 0 Å². The van der Waals surface area contributed by atoms with E-state index in [-0.39, 0.29) is 0 Å². The highest BCUT2D eigenvalue weighted by molar-refractivity contribution is 5.34. The molecule has 2 atom stereocenters. The van der Waals surface area contributed by atoms with E-state index >= 15 is 0 Å². The SMILES string of the molecule is N#Cc1ccc(OCCN2CC3CNCC(C2)O3)cc1. The van der Waals surface area contributed by atoms with E-state index in [0.717, 1.165) is 38.5 Å². The van der Waals surface area contributed by atoms with Gasteiger partial charge in [-0.1, -0.05) is 0 Å². The first kappa shape index (κ1) is 13.4. The first-order valence-corrected chi connectivity index (χ1v) is 7.05. The Morgan fingerprint density at radius 1 is 1.25 bits per heavy atom. The fraction of sp³-hybridized carbons (Fsp3) is 0.533. The largest absolute Gasteiger partial charge is 0.492 e. The molecule has 0 aromatic heterocycles. The Kier molecular flexibility index (Phi) is 4.16. The first-order valence-electron chi connectivity index (χ1n) is 7.05. The summed E-state index contributed by atoms with van der Waals surface area (Å²) in [6, 6.07) is 9.34. The summed E-state index contributed by atoms with van der Waals surface area (Å²) in [5.41, 5.74) is 0.658. The second kappa shape index (κ2) is 6.23. The van der Waals surface area contributed by atoms with Gasteiger partial charge in [0.1, 0.15) is 12.4 Å². The molecular weight excluding hydrogens is 254 g/mol. The van der Waals surface area contributed by atoms with E-state index < -0.39 is 0 Å². The quantitative estimate of drug-likeness (QED) is 0.871. The minimum atomic E-state index is 0.317. The van der Waals surface area contributed by atoms with E-state index in [9.17, 15) is 0 Å². The summed E-state index contributed by atoms with van der Waals surface area (Å²) >= 11 is 0. The topological polar surface area (TPSA) is 57.5 Å². The van der Waals surface area contributed by atoms with Crippen LogP contribution in [0.4, 0.5) is 0 Å². The predicted molar refractivity (Wildman–Crippen MR) is 74.6 cm³/mol. The fourth-order valence-corrected chi connectivity index (χ4v) is 2.74. The van der Waals surface area contributed by atoms with Crippen LogP contribution in [0.5, 0.6) is 5.75 Å². The molecule has 1 N–H and O–H groups in total. The second-order valence-corrected chi connectivity index (χ2v) is 5.28. The molecule has 2 unspecified atom stereocenters. The standard InChI is InChI=1S/C15H19N3O2/c16-7-12-1-3-13(4-2-12)19-6-5-18-10-14-8-17-9-15(11-18)20-14/h1-4,14-15,17H,5-6,8-11H2. The number of ether oxygens (including phenoxy) is 2. The van der Waals surface area contributed by atoms with Gasteiger partial charge < -0.3 is 14.8 Å². The summed E-state index contributed by atoms with van der Waals surface area (Å²) in [5, 5.41) is 12.1. The molecule has 5 nitrogen and oxygen atoms in total. The lowest BCUT2D eigenvalue weighted by atomic mass is 10.1. The molecule has 2 saturated heterocycles. The number of benzene rings is 1. The molecule has 1 aromatic carbocycles. The van der Waals surface area contributed by atoms with E-state index in [1.165, 1.54) is 0 Å². The van der Waals surface area contributed by atoms with Crippen molar-refractivity contribution in [3.05, 3.63) is 29.8 Å². The van der Waals surface area contributed by atoms with Gasteiger partial charge in [0.2, 0.25) is 0 Å². The maximum Gasteiger partial charge on any atom is 0.119 e. The first-order chi connectivity index (χ1) is 9.83. The lowest BCUT2D eigenvalue weighted by Crippen LogP contribution is -2.58. The molecule has 3 rings (SSSR count). The second-order valence-electron chi connectivity index (χ2n) is 5.28. The zero-order valence-corrected chi connectivity index (χ0v) is 11.4. The van der Waals surface area contributed by atoms with Gasteiger partial charge in [-0.05, 0) is 24.3 Å². The van der Waals surface area contributed by atoms with E-state index in [4.69, 9.17) is 14.7 Å². The van der Waals surface area contributed by atoms with Crippen molar-refractivity contribution in [2.24, 2.45) is 0 Å². The van der Waals surface area contributed by atoms with Crippen molar-refractivity contribution in [3.63, 3.8) is 0 Å². The van der Waals surface area contributed by atoms with Gasteiger partial charge in [0.05, 0.1) is 23.8 Å². The molecule has 1 aromatic rings. The molecule has 0 spiro atoms. The van der Waals surface area contributed by atoms with Crippen LogP contribution in [0.15, 0.2) is 24.3 Å². The maximum atomic E-state index is 8.74. The summed E-state index contributed by atoms with van der Waals surface area (Å²) < 4.78 is 11.6. The Hall–Kier alpha value is -1.61. The van der Waals surface area contributed by atoms with Crippen LogP contribution in [0.2, 0.25) is 0 Å². The lowest BCUT2D eigenvalue weighted by Gasteiger charge is -2.41. The van der Waals surface area contributed by atoms with E-state index in [2.05, 4.69) is 16.3 Å². The normalized spacial score (nSPS) is 25.9. The van der Waals surface area contributed by atoms with Crippen LogP contribution < -0.4 is 10.1 Å². The Balaban J connectivity index is 1.44. The molecule has 2 heterocycles. The van der Waals surface area contributed by atoms with Gasteiger partial charge in [-0.2, -0.15) is 5.26 Å². The zero-order chi connectivity index (χ0) is 13.8. The average Bonchev–Trinajstić information content (AvgIpc) is 2.48. The number of hydrogen-bond donors (Lipinski definition) is 1. The number of rotatable bonds is 4. The summed E-state index contributed by atoms with van der Waals surface area (Å²) in [7, 11) is 0. The number of nitriles is 1. The predicted octanol–water partition coefficient (Wildman–Crippen LogP) is 0.610. The summed E-state index contributed by atoms with van der Waals surface area (Å²) in [4.78, 5) is 2.41. The third-order valence-electron chi connectivity index (χ3n) is 3.71. The van der Waals surface area contributed by atoms with Gasteiger partial charge in [0.25, 0.3) is 0 Å². The van der Waals surface area contributed by atoms with Gasteiger partial charge >= 0.3 is 0 Å². The van der Waals surface area contributed by atoms with E-state index in [0.29, 0.717) is 24.4 Å². The summed E-state index contributed by atoms with van der Waals surface area (Å²) in [6.45, 7) is 5.42. The van der Waals surface area contributed by atoms with Crippen LogP contribution >= 0.6 is 0 Å². The van der Waals surface area contributed by atoms with Gasteiger partial charge in [-0.15, -0.1) is 0 Å². The molecule has 2 fully saturated rings. The van der Waals surface area contributed by atoms with Crippen LogP contribution in [0.3, 0.4) is 0 Å². The van der Waals surface area contributed by atoms with Crippen molar-refractivity contribution in [1.82, 2.24) is 10.2 Å². The molecule has 2 aliphatic rings. The molecule has 2 bridgehead atoms. The molecule has 2 aliphatic heterocycles. The molecule has 0 amide bonds. The lowest BCUT2D eigenvalue weighted by molar-refractivity contribution is -0.104. The maximum absolute atomic E-state index is 8.74. The highest BCUT2D eigenvalue weighted by atomic mass is 16.5. The minimum Gasteiger partial charge on any atom is -0.492 e. The minimum absolute atomic E-state index is 0.317. The van der Waals surface area contributed by atoms with Crippen molar-refractivity contribution in [3.8, 4) is 11.8 Å². The monoisotopic (exact) mass is 273 g/mol. The molecule has 0 aliphatic carbocycles. The van der Waals surface area contributed by atoms with Gasteiger partial charge in [0, 0.05) is 32.7 Å². The molecule has 0 saturated carbocycles. The Bertz CT molecular complexity index is 471. The fourth-order valence-electron chi connectivity index (χ4n) is 2.74. The van der Waals surface area contributed by atoms with Crippen molar-refractivity contribution in [2.45, 2.75) is 12.2 Å². The van der Waals surface area contributed by atoms with Crippen molar-refractivity contribution < 1.29 is 9.47 Å². The third kappa shape index (κ3) is 3.28. The van der Waals surface area contributed by atoms with Crippen LogP contribution in [0.25, 0.3) is 0 Å². The molecule has 20 heavy (non-hydrogen) atoms. The summed E-state index contributed by atoms with van der Waals surface area (Å²) in [6.07, 6.45) is 0.634. The van der Waals surface area contributed by atoms with E-state index in [1.807, 2.05) is 12.1 Å². The van der Waals surface area contributed by atoms with Gasteiger partial charge in [-0.3, -0.25) is 4.90 Å². The Labute approximate surface area is 119 Å². The van der Waals surface area contributed by atoms with Crippen molar-refractivity contribution in [1.29, 1.82) is 5.26 Å². The van der Waals surface area contributed by atoms with Crippen LogP contribution in [-0.4, -0.2) is 56.4 Å². The Morgan fingerprint density at radius 3 is 2.60 bits per heavy atom. The number of nitrogens with zero attached hydrogens (tertiary/aromatic N) is 2.